The van der Waals surface area contributed by atoms with Crippen LogP contribution in [0.3, 0.4) is 0 Å². The Morgan fingerprint density at radius 3 is 2.38 bits per heavy atom. The summed E-state index contributed by atoms with van der Waals surface area (Å²) in [6.45, 7) is 1.97. The van der Waals surface area contributed by atoms with Gasteiger partial charge in [0.15, 0.2) is 0 Å². The molecular weight excluding hydrogens is 268 g/mol. The second-order valence-corrected chi connectivity index (χ2v) is 4.92. The molecule has 0 radical (unpaired) electrons. The fourth-order valence-corrected chi connectivity index (χ4v) is 2.37. The molecule has 0 amide bonds. The van der Waals surface area contributed by atoms with E-state index in [2.05, 4.69) is 4.99 Å². The number of aliphatic imine (C=N–C) groups is 1. The van der Waals surface area contributed by atoms with E-state index in [4.69, 9.17) is 4.74 Å². The average molecular weight is 282 g/mol. The van der Waals surface area contributed by atoms with Crippen LogP contribution in [0.2, 0.25) is 0 Å². The van der Waals surface area contributed by atoms with Crippen LogP contribution < -0.4 is 0 Å². The van der Waals surface area contributed by atoms with E-state index < -0.39 is 4.92 Å². The van der Waals surface area contributed by atoms with Crippen LogP contribution in [0.25, 0.3) is 0 Å². The molecular formula is C16H14N2O3. The van der Waals surface area contributed by atoms with E-state index in [-0.39, 0.29) is 17.8 Å². The zero-order valence-corrected chi connectivity index (χ0v) is 11.5. The number of hydrogen-bond acceptors (Lipinski definition) is 4. The first-order valence-corrected chi connectivity index (χ1v) is 6.69. The van der Waals surface area contributed by atoms with Gasteiger partial charge in [0.1, 0.15) is 12.1 Å². The van der Waals surface area contributed by atoms with E-state index in [9.17, 15) is 10.1 Å². The summed E-state index contributed by atoms with van der Waals surface area (Å²) < 4.78 is 5.79. The van der Waals surface area contributed by atoms with Crippen molar-refractivity contribution in [3.05, 3.63) is 75.8 Å². The van der Waals surface area contributed by atoms with Crippen LogP contribution in [-0.2, 0) is 4.74 Å². The first-order valence-electron chi connectivity index (χ1n) is 6.69. The minimum absolute atomic E-state index is 0.0450. The number of benzene rings is 2. The van der Waals surface area contributed by atoms with Crippen molar-refractivity contribution in [3.63, 3.8) is 0 Å². The molecule has 1 aliphatic heterocycles. The zero-order valence-electron chi connectivity index (χ0n) is 11.5. The zero-order chi connectivity index (χ0) is 14.8. The highest BCUT2D eigenvalue weighted by molar-refractivity contribution is 5.95. The molecule has 0 spiro atoms. The maximum atomic E-state index is 10.7. The number of non-ortho nitro benzene ring substituents is 1. The Labute approximate surface area is 122 Å². The van der Waals surface area contributed by atoms with E-state index in [1.54, 1.807) is 12.1 Å². The Hall–Kier alpha value is -2.69. The van der Waals surface area contributed by atoms with Crippen LogP contribution in [0.4, 0.5) is 5.69 Å². The molecule has 2 aromatic carbocycles. The molecule has 2 atom stereocenters. The third-order valence-electron chi connectivity index (χ3n) is 3.46. The quantitative estimate of drug-likeness (QED) is 0.639. The van der Waals surface area contributed by atoms with Gasteiger partial charge in [0.25, 0.3) is 5.69 Å². The summed E-state index contributed by atoms with van der Waals surface area (Å²) in [5.41, 5.74) is 1.91. The molecule has 0 aromatic heterocycles. The average Bonchev–Trinajstić information content (AvgIpc) is 2.90. The maximum absolute atomic E-state index is 10.7. The van der Waals surface area contributed by atoms with Crippen LogP contribution >= 0.6 is 0 Å². The molecule has 0 unspecified atom stereocenters. The Morgan fingerprint density at radius 2 is 1.76 bits per heavy atom. The van der Waals surface area contributed by atoms with Gasteiger partial charge in [-0.05, 0) is 24.6 Å². The highest BCUT2D eigenvalue weighted by atomic mass is 16.6. The summed E-state index contributed by atoms with van der Waals surface area (Å²) in [6.07, 6.45) is -0.0578. The molecule has 0 N–H and O–H groups in total. The van der Waals surface area contributed by atoms with Crippen LogP contribution in [0.1, 0.15) is 24.1 Å². The summed E-state index contributed by atoms with van der Waals surface area (Å²) >= 11 is 0. The standard InChI is InChI=1S/C16H14N2O3/c1-11-15(12-5-3-2-4-6-12)17-16(21-11)13-7-9-14(10-8-13)18(19)20/h2-11,15H,1H3/t11-,15+/m1/s1. The van der Waals surface area contributed by atoms with Crippen molar-refractivity contribution in [1.82, 2.24) is 0 Å². The summed E-state index contributed by atoms with van der Waals surface area (Å²) in [6, 6.07) is 16.2. The molecule has 21 heavy (non-hydrogen) atoms. The smallest absolute Gasteiger partial charge is 0.269 e. The Bertz CT molecular complexity index is 680. The lowest BCUT2D eigenvalue weighted by Gasteiger charge is -2.12. The fraction of sp³-hybridized carbons (Fsp3) is 0.188. The summed E-state index contributed by atoms with van der Waals surface area (Å²) in [7, 11) is 0. The van der Waals surface area contributed by atoms with Gasteiger partial charge in [-0.25, -0.2) is 4.99 Å². The van der Waals surface area contributed by atoms with E-state index in [0.29, 0.717) is 5.90 Å². The van der Waals surface area contributed by atoms with Gasteiger partial charge >= 0.3 is 0 Å². The van der Waals surface area contributed by atoms with Gasteiger partial charge in [0.2, 0.25) is 5.90 Å². The van der Waals surface area contributed by atoms with Crippen molar-refractivity contribution in [2.24, 2.45) is 4.99 Å². The van der Waals surface area contributed by atoms with Crippen molar-refractivity contribution >= 4 is 11.6 Å². The molecule has 2 aromatic rings. The minimum Gasteiger partial charge on any atom is -0.472 e. The van der Waals surface area contributed by atoms with E-state index >= 15 is 0 Å². The van der Waals surface area contributed by atoms with Crippen LogP contribution in [0.5, 0.6) is 0 Å². The van der Waals surface area contributed by atoms with Crippen LogP contribution in [0.15, 0.2) is 59.6 Å². The molecule has 1 heterocycles. The number of hydrogen-bond donors (Lipinski definition) is 0. The third kappa shape index (κ3) is 2.63. The Morgan fingerprint density at radius 1 is 1.10 bits per heavy atom. The van der Waals surface area contributed by atoms with E-state index in [0.717, 1.165) is 11.1 Å². The monoisotopic (exact) mass is 282 g/mol. The van der Waals surface area contributed by atoms with Gasteiger partial charge in [-0.2, -0.15) is 0 Å². The molecule has 1 aliphatic rings. The molecule has 0 saturated carbocycles. The van der Waals surface area contributed by atoms with E-state index in [1.165, 1.54) is 12.1 Å². The Balaban J connectivity index is 1.88. The lowest BCUT2D eigenvalue weighted by Crippen LogP contribution is -2.12. The van der Waals surface area contributed by atoms with Crippen molar-refractivity contribution < 1.29 is 9.66 Å². The van der Waals surface area contributed by atoms with Gasteiger partial charge in [0.05, 0.1) is 4.92 Å². The molecule has 0 fully saturated rings. The lowest BCUT2D eigenvalue weighted by molar-refractivity contribution is -0.384. The van der Waals surface area contributed by atoms with Gasteiger partial charge in [-0.15, -0.1) is 0 Å². The number of nitro benzene ring substituents is 1. The highest BCUT2D eigenvalue weighted by Crippen LogP contribution is 2.30. The fourth-order valence-electron chi connectivity index (χ4n) is 2.37. The normalized spacial score (nSPS) is 20.7. The summed E-state index contributed by atoms with van der Waals surface area (Å²) in [5.74, 6) is 0.534. The molecule has 106 valence electrons. The second kappa shape index (κ2) is 5.36. The van der Waals surface area contributed by atoms with Gasteiger partial charge in [0, 0.05) is 17.7 Å². The van der Waals surface area contributed by atoms with E-state index in [1.807, 2.05) is 37.3 Å². The van der Waals surface area contributed by atoms with Crippen LogP contribution in [0, 0.1) is 10.1 Å². The number of nitrogens with zero attached hydrogens (tertiary/aromatic N) is 2. The van der Waals surface area contributed by atoms with Crippen molar-refractivity contribution in [1.29, 1.82) is 0 Å². The largest absolute Gasteiger partial charge is 0.472 e. The minimum atomic E-state index is -0.420. The van der Waals surface area contributed by atoms with Gasteiger partial charge in [-0.3, -0.25) is 10.1 Å². The molecule has 3 rings (SSSR count). The van der Waals surface area contributed by atoms with Crippen LogP contribution in [-0.4, -0.2) is 16.9 Å². The summed E-state index contributed by atoms with van der Waals surface area (Å²) in [5, 5.41) is 10.7. The molecule has 5 nitrogen and oxygen atoms in total. The number of ether oxygens (including phenoxy) is 1. The van der Waals surface area contributed by atoms with Crippen molar-refractivity contribution in [2.75, 3.05) is 0 Å². The molecule has 0 bridgehead atoms. The van der Waals surface area contributed by atoms with Crippen molar-refractivity contribution in [2.45, 2.75) is 19.1 Å². The summed E-state index contributed by atoms with van der Waals surface area (Å²) in [4.78, 5) is 14.9. The lowest BCUT2D eigenvalue weighted by atomic mass is 10.0. The molecule has 0 saturated heterocycles. The number of nitro groups is 1. The second-order valence-electron chi connectivity index (χ2n) is 4.92. The highest BCUT2D eigenvalue weighted by Gasteiger charge is 2.29. The SMILES string of the molecule is C[C@H]1OC(c2ccc([N+](=O)[O-])cc2)=N[C@@H]1c1ccccc1. The van der Waals surface area contributed by atoms with Crippen molar-refractivity contribution in [3.8, 4) is 0 Å². The predicted octanol–water partition coefficient (Wildman–Crippen LogP) is 3.50. The van der Waals surface area contributed by atoms with Gasteiger partial charge < -0.3 is 4.74 Å². The Kier molecular flexibility index (Phi) is 3.39. The molecule has 5 heteroatoms. The first kappa shape index (κ1) is 13.3. The third-order valence-corrected chi connectivity index (χ3v) is 3.46. The predicted molar refractivity (Wildman–Crippen MR) is 79.4 cm³/mol. The van der Waals surface area contributed by atoms with Gasteiger partial charge in [-0.1, -0.05) is 30.3 Å². The maximum Gasteiger partial charge on any atom is 0.269 e. The topological polar surface area (TPSA) is 64.7 Å². The number of rotatable bonds is 3. The molecule has 0 aliphatic carbocycles. The first-order chi connectivity index (χ1) is 10.1.